The van der Waals surface area contributed by atoms with E-state index in [1.165, 1.54) is 32.7 Å². The third kappa shape index (κ3) is 2.84. The van der Waals surface area contributed by atoms with Gasteiger partial charge in [0.15, 0.2) is 0 Å². The molecule has 0 spiro atoms. The minimum atomic E-state index is 0.781. The lowest BCUT2D eigenvalue weighted by Gasteiger charge is -2.11. The lowest BCUT2D eigenvalue weighted by atomic mass is 9.94. The van der Waals surface area contributed by atoms with Crippen LogP contribution in [-0.4, -0.2) is 0 Å². The highest BCUT2D eigenvalue weighted by Gasteiger charge is 2.08. The summed E-state index contributed by atoms with van der Waals surface area (Å²) >= 11 is 0. The number of fused-ring (bicyclic) bond motifs is 2. The van der Waals surface area contributed by atoms with Gasteiger partial charge in [-0.1, -0.05) is 78.9 Å². The van der Waals surface area contributed by atoms with E-state index in [1.807, 2.05) is 0 Å². The van der Waals surface area contributed by atoms with Crippen LogP contribution in [0.3, 0.4) is 0 Å². The average molecular weight is 345 g/mol. The second kappa shape index (κ2) is 6.30. The second-order valence-electron chi connectivity index (χ2n) is 6.93. The topological polar surface area (TPSA) is 26.0 Å². The standard InChI is InChI=1S/C26H19N/c27-24-16-22(21-13-12-18-6-1-2-8-20(18)14-21)15-23(17-24)26-11-5-9-19-7-3-4-10-25(19)26/h1-17H,27H2. The molecule has 0 heterocycles. The Hall–Kier alpha value is -3.58. The summed E-state index contributed by atoms with van der Waals surface area (Å²) in [5.74, 6) is 0. The van der Waals surface area contributed by atoms with Crippen molar-refractivity contribution in [2.45, 2.75) is 0 Å². The van der Waals surface area contributed by atoms with E-state index in [-0.39, 0.29) is 0 Å². The first-order valence-corrected chi connectivity index (χ1v) is 9.16. The van der Waals surface area contributed by atoms with Crippen LogP contribution < -0.4 is 5.73 Å². The first-order valence-electron chi connectivity index (χ1n) is 9.16. The van der Waals surface area contributed by atoms with Crippen LogP contribution in [0.5, 0.6) is 0 Å². The van der Waals surface area contributed by atoms with Gasteiger partial charge < -0.3 is 5.73 Å². The van der Waals surface area contributed by atoms with Gasteiger partial charge in [-0.15, -0.1) is 0 Å². The largest absolute Gasteiger partial charge is 0.399 e. The zero-order chi connectivity index (χ0) is 18.2. The molecule has 1 nitrogen and oxygen atoms in total. The monoisotopic (exact) mass is 345 g/mol. The van der Waals surface area contributed by atoms with Gasteiger partial charge in [-0.25, -0.2) is 0 Å². The number of nitrogens with two attached hydrogens (primary N) is 1. The van der Waals surface area contributed by atoms with Gasteiger partial charge in [0.1, 0.15) is 0 Å². The van der Waals surface area contributed by atoms with Gasteiger partial charge in [0, 0.05) is 5.69 Å². The lowest BCUT2D eigenvalue weighted by Crippen LogP contribution is -1.90. The molecule has 0 saturated carbocycles. The highest BCUT2D eigenvalue weighted by Crippen LogP contribution is 2.34. The van der Waals surface area contributed by atoms with E-state index in [2.05, 4.69) is 103 Å². The average Bonchev–Trinajstić information content (AvgIpc) is 2.72. The van der Waals surface area contributed by atoms with Crippen molar-refractivity contribution in [3.63, 3.8) is 0 Å². The maximum absolute atomic E-state index is 6.29. The molecule has 0 aliphatic heterocycles. The summed E-state index contributed by atoms with van der Waals surface area (Å²) in [7, 11) is 0. The van der Waals surface area contributed by atoms with Crippen LogP contribution in [0.4, 0.5) is 5.69 Å². The van der Waals surface area contributed by atoms with Crippen LogP contribution in [0.25, 0.3) is 43.8 Å². The Kier molecular flexibility index (Phi) is 3.65. The number of hydrogen-bond acceptors (Lipinski definition) is 1. The SMILES string of the molecule is Nc1cc(-c2ccc3ccccc3c2)cc(-c2cccc3ccccc23)c1. The zero-order valence-corrected chi connectivity index (χ0v) is 14.9. The molecule has 0 amide bonds. The number of anilines is 1. The van der Waals surface area contributed by atoms with Crippen molar-refractivity contribution < 1.29 is 0 Å². The molecule has 0 fully saturated rings. The highest BCUT2D eigenvalue weighted by atomic mass is 14.5. The predicted octanol–water partition coefficient (Wildman–Crippen LogP) is 6.91. The van der Waals surface area contributed by atoms with Gasteiger partial charge in [0.25, 0.3) is 0 Å². The molecule has 5 aromatic carbocycles. The molecular formula is C26H19N. The molecule has 5 aromatic rings. The Morgan fingerprint density at radius 3 is 2.04 bits per heavy atom. The highest BCUT2D eigenvalue weighted by molar-refractivity contribution is 5.98. The lowest BCUT2D eigenvalue weighted by molar-refractivity contribution is 1.61. The van der Waals surface area contributed by atoms with E-state index in [4.69, 9.17) is 5.73 Å². The normalized spacial score (nSPS) is 11.1. The molecule has 0 aromatic heterocycles. The van der Waals surface area contributed by atoms with E-state index in [1.54, 1.807) is 0 Å². The molecular weight excluding hydrogens is 326 g/mol. The fourth-order valence-corrected chi connectivity index (χ4v) is 3.82. The van der Waals surface area contributed by atoms with E-state index in [0.717, 1.165) is 16.8 Å². The van der Waals surface area contributed by atoms with Gasteiger partial charge in [0.05, 0.1) is 0 Å². The molecule has 2 N–H and O–H groups in total. The fraction of sp³-hybridized carbons (Fsp3) is 0. The number of benzene rings is 5. The molecule has 0 saturated heterocycles. The van der Waals surface area contributed by atoms with Crippen LogP contribution in [0.1, 0.15) is 0 Å². The van der Waals surface area contributed by atoms with Crippen LogP contribution in [0, 0.1) is 0 Å². The van der Waals surface area contributed by atoms with Crippen molar-refractivity contribution in [3.05, 3.63) is 103 Å². The first-order chi connectivity index (χ1) is 13.3. The van der Waals surface area contributed by atoms with Crippen LogP contribution >= 0.6 is 0 Å². The summed E-state index contributed by atoms with van der Waals surface area (Å²) in [6, 6.07) is 36.3. The molecule has 1 heteroatoms. The second-order valence-corrected chi connectivity index (χ2v) is 6.93. The summed E-state index contributed by atoms with van der Waals surface area (Å²) in [4.78, 5) is 0. The van der Waals surface area contributed by atoms with E-state index < -0.39 is 0 Å². The third-order valence-corrected chi connectivity index (χ3v) is 5.14. The minimum absolute atomic E-state index is 0.781. The fourth-order valence-electron chi connectivity index (χ4n) is 3.82. The molecule has 5 rings (SSSR count). The smallest absolute Gasteiger partial charge is 0.0326 e. The van der Waals surface area contributed by atoms with E-state index >= 15 is 0 Å². The summed E-state index contributed by atoms with van der Waals surface area (Å²) in [5, 5.41) is 4.98. The summed E-state index contributed by atoms with van der Waals surface area (Å²) < 4.78 is 0. The minimum Gasteiger partial charge on any atom is -0.399 e. The number of nitrogen functional groups attached to an aromatic ring is 1. The Balaban J connectivity index is 1.70. The Labute approximate surface area is 158 Å². The predicted molar refractivity (Wildman–Crippen MR) is 117 cm³/mol. The molecule has 0 unspecified atom stereocenters. The van der Waals surface area contributed by atoms with Gasteiger partial charge in [-0.2, -0.15) is 0 Å². The number of hydrogen-bond donors (Lipinski definition) is 1. The van der Waals surface area contributed by atoms with Crippen molar-refractivity contribution in [2.24, 2.45) is 0 Å². The van der Waals surface area contributed by atoms with E-state index in [0.29, 0.717) is 0 Å². The summed E-state index contributed by atoms with van der Waals surface area (Å²) in [5.41, 5.74) is 11.8. The number of rotatable bonds is 2. The van der Waals surface area contributed by atoms with Crippen LogP contribution in [0.2, 0.25) is 0 Å². The third-order valence-electron chi connectivity index (χ3n) is 5.14. The summed E-state index contributed by atoms with van der Waals surface area (Å²) in [6.07, 6.45) is 0. The van der Waals surface area contributed by atoms with Crippen molar-refractivity contribution >= 4 is 27.2 Å². The maximum Gasteiger partial charge on any atom is 0.0326 e. The van der Waals surface area contributed by atoms with Gasteiger partial charge >= 0.3 is 0 Å². The maximum atomic E-state index is 6.29. The van der Waals surface area contributed by atoms with Crippen molar-refractivity contribution in [1.29, 1.82) is 0 Å². The molecule has 0 aliphatic rings. The van der Waals surface area contributed by atoms with Crippen molar-refractivity contribution in [1.82, 2.24) is 0 Å². The molecule has 128 valence electrons. The molecule has 0 radical (unpaired) electrons. The zero-order valence-electron chi connectivity index (χ0n) is 14.9. The van der Waals surface area contributed by atoms with Crippen molar-refractivity contribution in [3.8, 4) is 22.3 Å². The molecule has 0 bridgehead atoms. The Bertz CT molecular complexity index is 1280. The van der Waals surface area contributed by atoms with E-state index in [9.17, 15) is 0 Å². The first kappa shape index (κ1) is 15.7. The van der Waals surface area contributed by atoms with Gasteiger partial charge in [-0.3, -0.25) is 0 Å². The Morgan fingerprint density at radius 1 is 0.444 bits per heavy atom. The van der Waals surface area contributed by atoms with Crippen molar-refractivity contribution in [2.75, 3.05) is 5.73 Å². The molecule has 0 aliphatic carbocycles. The molecule has 27 heavy (non-hydrogen) atoms. The van der Waals surface area contributed by atoms with Gasteiger partial charge in [-0.05, 0) is 68.1 Å². The van der Waals surface area contributed by atoms with Crippen LogP contribution in [0.15, 0.2) is 103 Å². The Morgan fingerprint density at radius 2 is 1.15 bits per heavy atom. The molecule has 0 atom stereocenters. The summed E-state index contributed by atoms with van der Waals surface area (Å²) in [6.45, 7) is 0. The van der Waals surface area contributed by atoms with Gasteiger partial charge in [0.2, 0.25) is 0 Å². The van der Waals surface area contributed by atoms with Crippen LogP contribution in [-0.2, 0) is 0 Å². The quantitative estimate of drug-likeness (QED) is 0.346.